The number of hydrogen-bond acceptors (Lipinski definition) is 6. The van der Waals surface area contributed by atoms with E-state index >= 15 is 0 Å². The highest BCUT2D eigenvalue weighted by Gasteiger charge is 2.34. The van der Waals surface area contributed by atoms with Crippen molar-refractivity contribution in [3.63, 3.8) is 0 Å². The lowest BCUT2D eigenvalue weighted by Crippen LogP contribution is -2.46. The number of anilines is 1. The Morgan fingerprint density at radius 1 is 1.41 bits per heavy atom. The number of rotatable bonds is 4. The van der Waals surface area contributed by atoms with E-state index < -0.39 is 0 Å². The topological polar surface area (TPSA) is 67.3 Å². The van der Waals surface area contributed by atoms with Crippen LogP contribution < -0.4 is 5.32 Å². The van der Waals surface area contributed by atoms with Gasteiger partial charge >= 0.3 is 0 Å². The number of aromatic nitrogens is 2. The molecule has 94 valence electrons. The average Bonchev–Trinajstić information content (AvgIpc) is 3.12. The number of aliphatic hydroxyl groups is 1. The fourth-order valence-corrected chi connectivity index (χ4v) is 2.87. The van der Waals surface area contributed by atoms with Gasteiger partial charge in [-0.25, -0.2) is 4.98 Å². The molecule has 0 amide bonds. The van der Waals surface area contributed by atoms with Crippen LogP contribution in [0, 0.1) is 0 Å². The van der Waals surface area contributed by atoms with Crippen molar-refractivity contribution in [1.29, 1.82) is 0 Å². The van der Waals surface area contributed by atoms with Gasteiger partial charge in [0.15, 0.2) is 0 Å². The molecule has 2 fully saturated rings. The van der Waals surface area contributed by atoms with Gasteiger partial charge in [0.1, 0.15) is 5.82 Å². The molecule has 1 aromatic heterocycles. The molecule has 5 nitrogen and oxygen atoms in total. The van der Waals surface area contributed by atoms with Gasteiger partial charge in [-0.05, 0) is 25.7 Å². The monoisotopic (exact) mass is 255 g/mol. The fraction of sp³-hybridized carbons (Fsp3) is 0.818. The highest BCUT2D eigenvalue weighted by atomic mass is 32.1. The maximum atomic E-state index is 9.57. The van der Waals surface area contributed by atoms with Gasteiger partial charge in [0.25, 0.3) is 0 Å². The lowest BCUT2D eigenvalue weighted by molar-refractivity contribution is 0.0380. The van der Waals surface area contributed by atoms with Crippen LogP contribution in [0.15, 0.2) is 0 Å². The van der Waals surface area contributed by atoms with Crippen molar-refractivity contribution in [1.82, 2.24) is 9.36 Å². The molecule has 1 saturated carbocycles. The third-order valence-corrected chi connectivity index (χ3v) is 4.15. The summed E-state index contributed by atoms with van der Waals surface area (Å²) in [4.78, 5) is 4.50. The molecule has 0 spiro atoms. The summed E-state index contributed by atoms with van der Waals surface area (Å²) in [5, 5.41) is 13.8. The summed E-state index contributed by atoms with van der Waals surface area (Å²) in [7, 11) is 0. The Hall–Kier alpha value is -0.720. The molecular formula is C11H17N3O2S. The zero-order chi connectivity index (χ0) is 11.7. The summed E-state index contributed by atoms with van der Waals surface area (Å²) in [5.41, 5.74) is -0.265. The van der Waals surface area contributed by atoms with Crippen molar-refractivity contribution in [3.8, 4) is 0 Å². The summed E-state index contributed by atoms with van der Waals surface area (Å²) >= 11 is 1.40. The van der Waals surface area contributed by atoms with Crippen molar-refractivity contribution in [2.45, 2.75) is 37.1 Å². The first-order valence-corrected chi connectivity index (χ1v) is 6.89. The maximum Gasteiger partial charge on any atom is 0.203 e. The van der Waals surface area contributed by atoms with E-state index in [4.69, 9.17) is 4.74 Å². The maximum absolute atomic E-state index is 9.57. The molecule has 2 heterocycles. The Kier molecular flexibility index (Phi) is 3.02. The van der Waals surface area contributed by atoms with E-state index in [2.05, 4.69) is 14.7 Å². The van der Waals surface area contributed by atoms with E-state index in [1.807, 2.05) is 0 Å². The van der Waals surface area contributed by atoms with E-state index in [1.165, 1.54) is 24.4 Å². The van der Waals surface area contributed by atoms with Crippen LogP contribution in [0.3, 0.4) is 0 Å². The molecule has 17 heavy (non-hydrogen) atoms. The number of hydrogen-bond donors (Lipinski definition) is 2. The number of ether oxygens (including phenoxy) is 1. The van der Waals surface area contributed by atoms with Gasteiger partial charge in [0.2, 0.25) is 5.13 Å². The number of aliphatic hydroxyl groups excluding tert-OH is 1. The predicted molar refractivity (Wildman–Crippen MR) is 65.4 cm³/mol. The largest absolute Gasteiger partial charge is 0.394 e. The Bertz CT molecular complexity index is 386. The molecule has 0 radical (unpaired) electrons. The van der Waals surface area contributed by atoms with Crippen LogP contribution in [-0.4, -0.2) is 39.8 Å². The minimum Gasteiger partial charge on any atom is -0.394 e. The third-order valence-electron chi connectivity index (χ3n) is 3.51. The van der Waals surface area contributed by atoms with E-state index in [1.54, 1.807) is 0 Å². The second-order valence-corrected chi connectivity index (χ2v) is 5.66. The van der Waals surface area contributed by atoms with Crippen LogP contribution in [0.4, 0.5) is 5.13 Å². The molecule has 3 rings (SSSR count). The van der Waals surface area contributed by atoms with Gasteiger partial charge in [-0.15, -0.1) is 0 Å². The smallest absolute Gasteiger partial charge is 0.203 e. The van der Waals surface area contributed by atoms with Crippen molar-refractivity contribution < 1.29 is 9.84 Å². The molecule has 1 aromatic rings. The molecule has 1 saturated heterocycles. The van der Waals surface area contributed by atoms with Crippen LogP contribution in [0.25, 0.3) is 0 Å². The average molecular weight is 255 g/mol. The minimum absolute atomic E-state index is 0.120. The standard InChI is InChI=1S/C11H17N3O2S/c15-7-11(3-5-16-6-4-11)13-10-12-9(14-17-10)8-1-2-8/h8,15H,1-7H2,(H,12,13,14). The third kappa shape index (κ3) is 2.43. The lowest BCUT2D eigenvalue weighted by atomic mass is 9.91. The Morgan fingerprint density at radius 3 is 2.82 bits per heavy atom. The van der Waals surface area contributed by atoms with Crippen LogP contribution in [0.5, 0.6) is 0 Å². The molecule has 2 aliphatic rings. The Balaban J connectivity index is 1.70. The highest BCUT2D eigenvalue weighted by Crippen LogP contribution is 2.39. The Morgan fingerprint density at radius 2 is 2.18 bits per heavy atom. The first-order valence-electron chi connectivity index (χ1n) is 6.12. The van der Waals surface area contributed by atoms with Gasteiger partial charge in [-0.1, -0.05) is 0 Å². The van der Waals surface area contributed by atoms with E-state index in [0.29, 0.717) is 19.1 Å². The van der Waals surface area contributed by atoms with E-state index in [-0.39, 0.29) is 12.1 Å². The van der Waals surface area contributed by atoms with Crippen LogP contribution >= 0.6 is 11.5 Å². The van der Waals surface area contributed by atoms with Crippen LogP contribution in [0.1, 0.15) is 37.4 Å². The van der Waals surface area contributed by atoms with Crippen LogP contribution in [-0.2, 0) is 4.74 Å². The number of nitrogens with zero attached hydrogens (tertiary/aromatic N) is 2. The minimum atomic E-state index is -0.265. The zero-order valence-corrected chi connectivity index (χ0v) is 10.5. The molecule has 1 aliphatic heterocycles. The first kappa shape index (κ1) is 11.4. The summed E-state index contributed by atoms with van der Waals surface area (Å²) < 4.78 is 9.70. The summed E-state index contributed by atoms with van der Waals surface area (Å²) in [5.74, 6) is 1.55. The second-order valence-electron chi connectivity index (χ2n) is 4.91. The second kappa shape index (κ2) is 4.51. The van der Waals surface area contributed by atoms with Gasteiger partial charge < -0.3 is 15.2 Å². The summed E-state index contributed by atoms with van der Waals surface area (Å²) in [6.07, 6.45) is 4.08. The first-order chi connectivity index (χ1) is 8.31. The van der Waals surface area contributed by atoms with Gasteiger partial charge in [-0.3, -0.25) is 0 Å². The fourth-order valence-electron chi connectivity index (χ4n) is 2.10. The zero-order valence-electron chi connectivity index (χ0n) is 9.69. The van der Waals surface area contributed by atoms with Gasteiger partial charge in [0, 0.05) is 30.7 Å². The summed E-state index contributed by atoms with van der Waals surface area (Å²) in [6, 6.07) is 0. The quantitative estimate of drug-likeness (QED) is 0.850. The summed E-state index contributed by atoms with van der Waals surface area (Å²) in [6.45, 7) is 1.51. The molecule has 0 atom stereocenters. The molecule has 1 aliphatic carbocycles. The predicted octanol–water partition coefficient (Wildman–Crippen LogP) is 1.37. The normalized spacial score (nSPS) is 23.6. The molecule has 0 aromatic carbocycles. The molecular weight excluding hydrogens is 238 g/mol. The van der Waals surface area contributed by atoms with Gasteiger partial charge in [0.05, 0.1) is 12.1 Å². The number of nitrogens with one attached hydrogen (secondary N) is 1. The SMILES string of the molecule is OCC1(Nc2nc(C3CC3)ns2)CCOCC1. The van der Waals surface area contributed by atoms with Crippen molar-refractivity contribution in [3.05, 3.63) is 5.82 Å². The van der Waals surface area contributed by atoms with E-state index in [9.17, 15) is 5.11 Å². The van der Waals surface area contributed by atoms with E-state index in [0.717, 1.165) is 23.8 Å². The highest BCUT2D eigenvalue weighted by molar-refractivity contribution is 7.09. The molecule has 6 heteroatoms. The molecule has 0 bridgehead atoms. The molecule has 2 N–H and O–H groups in total. The van der Waals surface area contributed by atoms with Gasteiger partial charge in [-0.2, -0.15) is 4.37 Å². The lowest BCUT2D eigenvalue weighted by Gasteiger charge is -2.35. The molecule has 0 unspecified atom stereocenters. The van der Waals surface area contributed by atoms with Crippen LogP contribution in [0.2, 0.25) is 0 Å². The van der Waals surface area contributed by atoms with Crippen molar-refractivity contribution in [2.75, 3.05) is 25.1 Å². The Labute approximate surface area is 104 Å². The van der Waals surface area contributed by atoms with Crippen molar-refractivity contribution >= 4 is 16.7 Å². The van der Waals surface area contributed by atoms with Crippen molar-refractivity contribution in [2.24, 2.45) is 0 Å².